The summed E-state index contributed by atoms with van der Waals surface area (Å²) in [7, 11) is 0. The first kappa shape index (κ1) is 25.5. The summed E-state index contributed by atoms with van der Waals surface area (Å²) in [5.74, 6) is 0.150. The number of hydrogen-bond donors (Lipinski definition) is 3. The van der Waals surface area contributed by atoms with Gasteiger partial charge < -0.3 is 15.7 Å². The molecule has 34 heavy (non-hydrogen) atoms. The fraction of sp³-hybridized carbons (Fsp3) is 0.357. The van der Waals surface area contributed by atoms with Crippen molar-refractivity contribution >= 4 is 34.3 Å². The number of hydrogen-bond acceptors (Lipinski definition) is 4. The Balaban J connectivity index is 1.66. The molecule has 0 radical (unpaired) electrons. The first-order valence-corrected chi connectivity index (χ1v) is 12.4. The van der Waals surface area contributed by atoms with Gasteiger partial charge in [-0.2, -0.15) is 0 Å². The number of phenolic OH excluding ortho intramolecular Hbond substituents is 1. The van der Waals surface area contributed by atoms with E-state index in [0.29, 0.717) is 18.5 Å². The molecule has 3 rings (SSSR count). The lowest BCUT2D eigenvalue weighted by molar-refractivity contribution is 0.0954. The number of anilines is 1. The topological polar surface area (TPSA) is 73.7 Å². The van der Waals surface area contributed by atoms with E-state index >= 15 is 0 Å². The predicted molar refractivity (Wildman–Crippen MR) is 144 cm³/mol. The smallest absolute Gasteiger partial charge is 0.251 e. The van der Waals surface area contributed by atoms with Crippen molar-refractivity contribution in [1.29, 1.82) is 0 Å². The molecule has 0 aliphatic rings. The van der Waals surface area contributed by atoms with Crippen LogP contribution in [0.3, 0.4) is 0 Å². The van der Waals surface area contributed by atoms with Crippen molar-refractivity contribution in [3.8, 4) is 5.75 Å². The third kappa shape index (κ3) is 6.70. The summed E-state index contributed by atoms with van der Waals surface area (Å²) in [6.45, 7) is 12.8. The largest absolute Gasteiger partial charge is 0.507 e. The highest BCUT2D eigenvalue weighted by atomic mass is 32.1. The van der Waals surface area contributed by atoms with Crippen LogP contribution in [-0.2, 0) is 17.3 Å². The first-order chi connectivity index (χ1) is 15.9. The molecule has 180 valence electrons. The van der Waals surface area contributed by atoms with Gasteiger partial charge in [-0.15, -0.1) is 11.3 Å². The van der Waals surface area contributed by atoms with Crippen molar-refractivity contribution in [2.24, 2.45) is 4.99 Å². The fourth-order valence-corrected chi connectivity index (χ4v) is 4.23. The Morgan fingerprint density at radius 2 is 1.68 bits per heavy atom. The van der Waals surface area contributed by atoms with Crippen molar-refractivity contribution in [1.82, 2.24) is 5.32 Å². The number of amides is 1. The molecule has 2 aromatic carbocycles. The molecule has 0 saturated carbocycles. The second-order valence-electron chi connectivity index (χ2n) is 10.5. The van der Waals surface area contributed by atoms with Crippen molar-refractivity contribution in [2.45, 2.75) is 58.8 Å². The number of benzene rings is 2. The normalized spacial score (nSPS) is 12.2. The molecule has 0 aliphatic carbocycles. The van der Waals surface area contributed by atoms with E-state index in [-0.39, 0.29) is 22.5 Å². The van der Waals surface area contributed by atoms with Gasteiger partial charge in [0, 0.05) is 28.9 Å². The second-order valence-corrected chi connectivity index (χ2v) is 11.4. The van der Waals surface area contributed by atoms with Crippen LogP contribution in [0, 0.1) is 0 Å². The molecule has 3 N–H and O–H groups in total. The average Bonchev–Trinajstić information content (AvgIpc) is 3.26. The molecule has 3 aromatic rings. The quantitative estimate of drug-likeness (QED) is 0.259. The maximum Gasteiger partial charge on any atom is 0.251 e. The van der Waals surface area contributed by atoms with E-state index in [4.69, 9.17) is 0 Å². The number of carbonyl (C=O) groups excluding carboxylic acids is 1. The number of nitrogens with one attached hydrogen (secondary N) is 2. The van der Waals surface area contributed by atoms with Gasteiger partial charge >= 0.3 is 0 Å². The highest BCUT2D eigenvalue weighted by molar-refractivity contribution is 7.13. The van der Waals surface area contributed by atoms with E-state index < -0.39 is 0 Å². The van der Waals surface area contributed by atoms with Gasteiger partial charge in [-0.05, 0) is 64.6 Å². The number of carbonyl (C=O) groups is 1. The molecular formula is C28H35N3O2S. The number of aliphatic imine (C=N–C) groups is 1. The van der Waals surface area contributed by atoms with Crippen LogP contribution in [0.5, 0.6) is 5.75 Å². The van der Waals surface area contributed by atoms with Crippen LogP contribution in [0.15, 0.2) is 58.9 Å². The lowest BCUT2D eigenvalue weighted by Crippen LogP contribution is -2.27. The summed E-state index contributed by atoms with van der Waals surface area (Å²) >= 11 is 1.59. The zero-order valence-corrected chi connectivity index (χ0v) is 21.7. The summed E-state index contributed by atoms with van der Waals surface area (Å²) in [5.41, 5.74) is 3.66. The Bertz CT molecular complexity index is 1120. The third-order valence-corrected chi connectivity index (χ3v) is 6.32. The van der Waals surface area contributed by atoms with Crippen LogP contribution in [-0.4, -0.2) is 23.9 Å². The minimum atomic E-state index is -0.277. The summed E-state index contributed by atoms with van der Waals surface area (Å²) in [4.78, 5) is 17.4. The van der Waals surface area contributed by atoms with Gasteiger partial charge in [-0.1, -0.05) is 53.7 Å². The summed E-state index contributed by atoms with van der Waals surface area (Å²) in [6.07, 6.45) is 2.40. The van der Waals surface area contributed by atoms with Crippen LogP contribution in [0.1, 0.15) is 68.6 Å². The maximum atomic E-state index is 13.0. The molecule has 0 unspecified atom stereocenters. The number of aromatic hydroxyl groups is 1. The zero-order valence-electron chi connectivity index (χ0n) is 20.9. The minimum absolute atomic E-state index is 0.131. The molecular weight excluding hydrogens is 442 g/mol. The van der Waals surface area contributed by atoms with E-state index in [1.54, 1.807) is 17.7 Å². The Morgan fingerprint density at radius 1 is 1.00 bits per heavy atom. The highest BCUT2D eigenvalue weighted by Crippen LogP contribution is 2.39. The van der Waals surface area contributed by atoms with Crippen molar-refractivity contribution in [2.75, 3.05) is 11.9 Å². The molecule has 0 fully saturated rings. The van der Waals surface area contributed by atoms with Crippen LogP contribution in [0.25, 0.3) is 0 Å². The monoisotopic (exact) mass is 477 g/mol. The SMILES string of the molecule is CC(C)(C)c1cc(C(=O)NCCc2cccc(NC=Nc3cccs3)c2)cc(C(C)(C)C)c1O. The molecule has 6 heteroatoms. The number of thiophene rings is 1. The Morgan fingerprint density at radius 3 is 2.26 bits per heavy atom. The summed E-state index contributed by atoms with van der Waals surface area (Å²) in [5, 5.41) is 20.1. The standard InChI is InChI=1S/C28H35N3O2S/c1-27(2,3)22-16-20(17-23(25(22)32)28(4,5)6)26(33)29-13-12-19-9-7-10-21(15-19)30-18-31-24-11-8-14-34-24/h7-11,14-18,32H,12-13H2,1-6H3,(H,29,33)(H,30,31). The van der Waals surface area contributed by atoms with Gasteiger partial charge in [0.25, 0.3) is 5.91 Å². The van der Waals surface area contributed by atoms with Gasteiger partial charge in [-0.3, -0.25) is 4.79 Å². The summed E-state index contributed by atoms with van der Waals surface area (Å²) in [6, 6.07) is 15.6. The summed E-state index contributed by atoms with van der Waals surface area (Å²) < 4.78 is 0. The van der Waals surface area contributed by atoms with E-state index in [2.05, 4.69) is 21.7 Å². The number of nitrogens with zero attached hydrogens (tertiary/aromatic N) is 1. The fourth-order valence-electron chi connectivity index (χ4n) is 3.66. The highest BCUT2D eigenvalue weighted by Gasteiger charge is 2.27. The van der Waals surface area contributed by atoms with Crippen LogP contribution in [0.2, 0.25) is 0 Å². The Hall–Kier alpha value is -3.12. The van der Waals surface area contributed by atoms with Crippen LogP contribution >= 0.6 is 11.3 Å². The second kappa shape index (κ2) is 10.4. The zero-order chi connectivity index (χ0) is 24.9. The predicted octanol–water partition coefficient (Wildman–Crippen LogP) is 6.79. The molecule has 1 amide bonds. The lowest BCUT2D eigenvalue weighted by atomic mass is 9.78. The van der Waals surface area contributed by atoms with Gasteiger partial charge in [0.2, 0.25) is 0 Å². The molecule has 0 atom stereocenters. The van der Waals surface area contributed by atoms with Gasteiger partial charge in [0.05, 0.1) is 6.34 Å². The molecule has 1 heterocycles. The van der Waals surface area contributed by atoms with Crippen LogP contribution < -0.4 is 10.6 Å². The van der Waals surface area contributed by atoms with Gasteiger partial charge in [-0.25, -0.2) is 4.99 Å². The average molecular weight is 478 g/mol. The Kier molecular flexibility index (Phi) is 7.82. The van der Waals surface area contributed by atoms with Gasteiger partial charge in [0.15, 0.2) is 0 Å². The number of rotatable bonds is 7. The Labute approximate surface area is 207 Å². The van der Waals surface area contributed by atoms with Crippen molar-refractivity contribution in [3.63, 3.8) is 0 Å². The molecule has 0 spiro atoms. The third-order valence-electron chi connectivity index (χ3n) is 5.54. The maximum absolute atomic E-state index is 13.0. The van der Waals surface area contributed by atoms with Crippen molar-refractivity contribution in [3.05, 3.63) is 76.2 Å². The van der Waals surface area contributed by atoms with E-state index in [0.717, 1.165) is 27.4 Å². The van der Waals surface area contributed by atoms with Crippen molar-refractivity contribution < 1.29 is 9.90 Å². The molecule has 0 bridgehead atoms. The molecule has 0 saturated heterocycles. The molecule has 0 aliphatic heterocycles. The van der Waals surface area contributed by atoms with E-state index in [1.807, 2.05) is 89.4 Å². The molecule has 1 aromatic heterocycles. The van der Waals surface area contributed by atoms with E-state index in [1.165, 1.54) is 0 Å². The minimum Gasteiger partial charge on any atom is -0.507 e. The first-order valence-electron chi connectivity index (χ1n) is 11.5. The van der Waals surface area contributed by atoms with E-state index in [9.17, 15) is 9.90 Å². The molecule has 5 nitrogen and oxygen atoms in total. The van der Waals surface area contributed by atoms with Gasteiger partial charge in [0.1, 0.15) is 10.8 Å². The number of phenols is 1. The van der Waals surface area contributed by atoms with Crippen LogP contribution in [0.4, 0.5) is 10.7 Å². The lowest BCUT2D eigenvalue weighted by Gasteiger charge is -2.28.